The molecule has 2 rings (SSSR count). The molecule has 0 bridgehead atoms. The van der Waals surface area contributed by atoms with Crippen LogP contribution in [0.25, 0.3) is 0 Å². The van der Waals surface area contributed by atoms with Crippen LogP contribution >= 0.6 is 0 Å². The summed E-state index contributed by atoms with van der Waals surface area (Å²) >= 11 is 0. The second-order valence-corrected chi connectivity index (χ2v) is 7.19. The van der Waals surface area contributed by atoms with Gasteiger partial charge in [0.15, 0.2) is 0 Å². The van der Waals surface area contributed by atoms with Gasteiger partial charge in [-0.25, -0.2) is 13.1 Å². The SMILES string of the molecule is CCC1CCCC(NS(=O)(=O)c2c(CO)n[nH]c2C)C1. The lowest BCUT2D eigenvalue weighted by atomic mass is 9.85. The predicted molar refractivity (Wildman–Crippen MR) is 75.6 cm³/mol. The van der Waals surface area contributed by atoms with Gasteiger partial charge in [-0.05, 0) is 25.7 Å². The fourth-order valence-corrected chi connectivity index (χ4v) is 4.62. The Kier molecular flexibility index (Phi) is 4.82. The molecule has 0 spiro atoms. The van der Waals surface area contributed by atoms with E-state index in [9.17, 15) is 13.5 Å². The van der Waals surface area contributed by atoms with Crippen molar-refractivity contribution in [2.24, 2.45) is 5.92 Å². The number of sulfonamides is 1. The van der Waals surface area contributed by atoms with Crippen LogP contribution in [0.2, 0.25) is 0 Å². The normalized spacial score (nSPS) is 23.9. The average Bonchev–Trinajstić information content (AvgIpc) is 2.80. The number of aromatic amines is 1. The Bertz CT molecular complexity index is 553. The topological polar surface area (TPSA) is 95.1 Å². The van der Waals surface area contributed by atoms with Gasteiger partial charge in [-0.1, -0.05) is 26.2 Å². The molecule has 1 aliphatic rings. The number of rotatable bonds is 5. The number of H-pyrrole nitrogens is 1. The first kappa shape index (κ1) is 15.5. The first-order valence-corrected chi connectivity index (χ1v) is 8.63. The Morgan fingerprint density at radius 3 is 2.85 bits per heavy atom. The fraction of sp³-hybridized carbons (Fsp3) is 0.769. The summed E-state index contributed by atoms with van der Waals surface area (Å²) in [5.74, 6) is 0.596. The quantitative estimate of drug-likeness (QED) is 0.767. The summed E-state index contributed by atoms with van der Waals surface area (Å²) in [5, 5.41) is 15.7. The largest absolute Gasteiger partial charge is 0.390 e. The van der Waals surface area contributed by atoms with Crippen molar-refractivity contribution in [2.75, 3.05) is 0 Å². The maximum atomic E-state index is 12.5. The summed E-state index contributed by atoms with van der Waals surface area (Å²) in [6, 6.07) is -0.0143. The van der Waals surface area contributed by atoms with Gasteiger partial charge in [-0.15, -0.1) is 0 Å². The van der Waals surface area contributed by atoms with Crippen molar-refractivity contribution in [2.45, 2.75) is 63.5 Å². The molecule has 7 heteroatoms. The molecule has 20 heavy (non-hydrogen) atoms. The summed E-state index contributed by atoms with van der Waals surface area (Å²) in [7, 11) is -3.63. The zero-order valence-corrected chi connectivity index (χ0v) is 12.8. The zero-order valence-electron chi connectivity index (χ0n) is 12.0. The molecule has 1 heterocycles. The summed E-state index contributed by atoms with van der Waals surface area (Å²) in [4.78, 5) is 0.0959. The number of aliphatic hydroxyl groups is 1. The van der Waals surface area contributed by atoms with Crippen LogP contribution in [0, 0.1) is 12.8 Å². The lowest BCUT2D eigenvalue weighted by Gasteiger charge is -2.28. The van der Waals surface area contributed by atoms with E-state index in [0.29, 0.717) is 11.6 Å². The Hall–Kier alpha value is -0.920. The third-order valence-electron chi connectivity index (χ3n) is 4.06. The van der Waals surface area contributed by atoms with E-state index in [1.165, 1.54) is 6.42 Å². The molecule has 3 N–H and O–H groups in total. The van der Waals surface area contributed by atoms with Crippen LogP contribution < -0.4 is 4.72 Å². The molecule has 1 saturated carbocycles. The molecule has 2 atom stereocenters. The molecule has 0 saturated heterocycles. The molecule has 1 fully saturated rings. The van der Waals surface area contributed by atoms with E-state index in [1.807, 2.05) is 0 Å². The van der Waals surface area contributed by atoms with Gasteiger partial charge in [-0.2, -0.15) is 5.10 Å². The van der Waals surface area contributed by atoms with Gasteiger partial charge in [-0.3, -0.25) is 5.10 Å². The Morgan fingerprint density at radius 1 is 1.45 bits per heavy atom. The first-order chi connectivity index (χ1) is 9.47. The zero-order chi connectivity index (χ0) is 14.8. The highest BCUT2D eigenvalue weighted by Gasteiger charge is 2.29. The average molecular weight is 301 g/mol. The number of hydrogen-bond donors (Lipinski definition) is 3. The molecule has 2 unspecified atom stereocenters. The highest BCUT2D eigenvalue weighted by atomic mass is 32.2. The van der Waals surface area contributed by atoms with Crippen LogP contribution in [0.5, 0.6) is 0 Å². The van der Waals surface area contributed by atoms with E-state index in [1.54, 1.807) is 6.92 Å². The van der Waals surface area contributed by atoms with Crippen molar-refractivity contribution in [3.05, 3.63) is 11.4 Å². The molecule has 114 valence electrons. The lowest BCUT2D eigenvalue weighted by molar-refractivity contribution is 0.273. The van der Waals surface area contributed by atoms with Crippen molar-refractivity contribution in [1.29, 1.82) is 0 Å². The molecule has 1 aromatic heterocycles. The Balaban J connectivity index is 2.16. The molecule has 0 aromatic carbocycles. The number of aromatic nitrogens is 2. The van der Waals surface area contributed by atoms with E-state index in [0.717, 1.165) is 25.7 Å². The van der Waals surface area contributed by atoms with Gasteiger partial charge in [0.2, 0.25) is 10.0 Å². The number of hydrogen-bond acceptors (Lipinski definition) is 4. The van der Waals surface area contributed by atoms with Crippen molar-refractivity contribution >= 4 is 10.0 Å². The predicted octanol–water partition coefficient (Wildman–Crippen LogP) is 1.46. The van der Waals surface area contributed by atoms with Crippen molar-refractivity contribution in [1.82, 2.24) is 14.9 Å². The molecule has 0 amide bonds. The van der Waals surface area contributed by atoms with Crippen LogP contribution in [-0.4, -0.2) is 29.8 Å². The van der Waals surface area contributed by atoms with Crippen molar-refractivity contribution < 1.29 is 13.5 Å². The van der Waals surface area contributed by atoms with Crippen LogP contribution in [0.4, 0.5) is 0 Å². The van der Waals surface area contributed by atoms with Crippen LogP contribution in [0.1, 0.15) is 50.4 Å². The van der Waals surface area contributed by atoms with Crippen LogP contribution in [0.3, 0.4) is 0 Å². The first-order valence-electron chi connectivity index (χ1n) is 7.15. The second kappa shape index (κ2) is 6.24. The van der Waals surface area contributed by atoms with Gasteiger partial charge in [0.1, 0.15) is 10.6 Å². The number of nitrogens with zero attached hydrogens (tertiary/aromatic N) is 1. The lowest BCUT2D eigenvalue weighted by Crippen LogP contribution is -2.38. The van der Waals surface area contributed by atoms with Gasteiger partial charge >= 0.3 is 0 Å². The van der Waals surface area contributed by atoms with E-state index >= 15 is 0 Å². The molecule has 6 nitrogen and oxygen atoms in total. The van der Waals surface area contributed by atoms with Gasteiger partial charge in [0.05, 0.1) is 12.3 Å². The monoisotopic (exact) mass is 301 g/mol. The van der Waals surface area contributed by atoms with E-state index in [4.69, 9.17) is 0 Å². The number of aryl methyl sites for hydroxylation is 1. The minimum Gasteiger partial charge on any atom is -0.390 e. The summed E-state index contributed by atoms with van der Waals surface area (Å²) in [6.45, 7) is 3.41. The molecule has 1 aliphatic carbocycles. The van der Waals surface area contributed by atoms with E-state index in [2.05, 4.69) is 21.8 Å². The second-order valence-electron chi connectivity index (χ2n) is 5.54. The molecular formula is C13H23N3O3S. The maximum absolute atomic E-state index is 12.5. The van der Waals surface area contributed by atoms with Crippen molar-refractivity contribution in [3.63, 3.8) is 0 Å². The third-order valence-corrected chi connectivity index (χ3v) is 5.78. The highest BCUT2D eigenvalue weighted by Crippen LogP contribution is 2.28. The van der Waals surface area contributed by atoms with Crippen molar-refractivity contribution in [3.8, 4) is 0 Å². The fourth-order valence-electron chi connectivity index (χ4n) is 2.98. The highest BCUT2D eigenvalue weighted by molar-refractivity contribution is 7.89. The number of aliphatic hydroxyl groups excluding tert-OH is 1. The number of nitrogens with one attached hydrogen (secondary N) is 2. The Morgan fingerprint density at radius 2 is 2.20 bits per heavy atom. The minimum absolute atomic E-state index is 0.0143. The standard InChI is InChI=1S/C13H23N3O3S/c1-3-10-5-4-6-11(7-10)16-20(18,19)13-9(2)14-15-12(13)8-17/h10-11,16-17H,3-8H2,1-2H3,(H,14,15). The summed E-state index contributed by atoms with van der Waals surface area (Å²) < 4.78 is 27.7. The molecule has 0 radical (unpaired) electrons. The molecular weight excluding hydrogens is 278 g/mol. The smallest absolute Gasteiger partial charge is 0.244 e. The van der Waals surface area contributed by atoms with Crippen LogP contribution in [0.15, 0.2) is 4.90 Å². The molecule has 0 aliphatic heterocycles. The van der Waals surface area contributed by atoms with Gasteiger partial charge in [0, 0.05) is 6.04 Å². The third kappa shape index (κ3) is 3.21. The van der Waals surface area contributed by atoms with E-state index in [-0.39, 0.29) is 23.2 Å². The van der Waals surface area contributed by atoms with E-state index < -0.39 is 10.0 Å². The minimum atomic E-state index is -3.63. The van der Waals surface area contributed by atoms with Gasteiger partial charge in [0.25, 0.3) is 0 Å². The maximum Gasteiger partial charge on any atom is 0.244 e. The Labute approximate surface area is 120 Å². The summed E-state index contributed by atoms with van der Waals surface area (Å²) in [5.41, 5.74) is 0.641. The molecule has 1 aromatic rings. The van der Waals surface area contributed by atoms with Crippen LogP contribution in [-0.2, 0) is 16.6 Å². The summed E-state index contributed by atoms with van der Waals surface area (Å²) in [6.07, 6.45) is 5.09. The van der Waals surface area contributed by atoms with Gasteiger partial charge < -0.3 is 5.11 Å².